The van der Waals surface area contributed by atoms with Gasteiger partial charge in [-0.1, -0.05) is 43.7 Å². The number of aromatic nitrogens is 4. The van der Waals surface area contributed by atoms with E-state index in [0.717, 1.165) is 17.9 Å². The van der Waals surface area contributed by atoms with Crippen LogP contribution in [0.15, 0.2) is 30.3 Å². The first-order valence-electron chi connectivity index (χ1n) is 6.85. The molecule has 0 saturated carbocycles. The Balaban J connectivity index is 0.000000351. The van der Waals surface area contributed by atoms with Gasteiger partial charge in [0, 0.05) is 6.42 Å². The zero-order valence-corrected chi connectivity index (χ0v) is 14.5. The first kappa shape index (κ1) is 20.3. The summed E-state index contributed by atoms with van der Waals surface area (Å²) >= 11 is 0. The van der Waals surface area contributed by atoms with E-state index in [2.05, 4.69) is 31.2 Å². The molecule has 0 atom stereocenters. The molecule has 0 aliphatic rings. The first-order valence-corrected chi connectivity index (χ1v) is 8.88. The van der Waals surface area contributed by atoms with Gasteiger partial charge in [-0.2, -0.15) is 0 Å². The molecule has 2 rings (SSSR count). The molecular weight excluding hydrogens is 357 g/mol. The Hall–Kier alpha value is -1.70. The van der Waals surface area contributed by atoms with Gasteiger partial charge >= 0.3 is 33.0 Å². The fraction of sp³-hybridized carbons (Fsp3) is 0.462. The molecule has 1 heterocycles. The summed E-state index contributed by atoms with van der Waals surface area (Å²) in [6.07, 6.45) is 0.936. The molecule has 11 heteroatoms. The van der Waals surface area contributed by atoms with Gasteiger partial charge in [0.05, 0.1) is 7.05 Å². The first-order chi connectivity index (χ1) is 10.4. The molecule has 0 N–H and O–H groups in total. The molecule has 0 saturated heterocycles. The molecule has 1 aromatic carbocycles. The summed E-state index contributed by atoms with van der Waals surface area (Å²) in [5, 5.41) is 8.31. The van der Waals surface area contributed by atoms with Crippen LogP contribution in [0.25, 0.3) is 5.69 Å². The van der Waals surface area contributed by atoms with E-state index in [1.54, 1.807) is 0 Å². The van der Waals surface area contributed by atoms with E-state index in [1.165, 1.54) is 0 Å². The van der Waals surface area contributed by atoms with Crippen LogP contribution in [-0.4, -0.2) is 15.1 Å². The zero-order chi connectivity index (χ0) is 18.9. The van der Waals surface area contributed by atoms with E-state index < -0.39 is 7.81 Å². The molecule has 138 valence electrons. The van der Waals surface area contributed by atoms with Gasteiger partial charge in [0.2, 0.25) is 0 Å². The standard InChI is InChI=1S/C13H19N4.F6P/c1-13(2,3)10-12-16(4)14-15-17(12)11-8-6-5-7-9-11;1-7(2,3,4,5)6/h5-9H,10H2,1-4H3;/q+1;-1. The van der Waals surface area contributed by atoms with Gasteiger partial charge in [-0.25, -0.2) is 0 Å². The van der Waals surface area contributed by atoms with Crippen molar-refractivity contribution >= 4 is 7.81 Å². The summed E-state index contributed by atoms with van der Waals surface area (Å²) in [6.45, 7) is 6.65. The van der Waals surface area contributed by atoms with Crippen LogP contribution in [0.1, 0.15) is 26.6 Å². The predicted molar refractivity (Wildman–Crippen MR) is 79.3 cm³/mol. The Labute approximate surface area is 135 Å². The van der Waals surface area contributed by atoms with Gasteiger partial charge in [-0.3, -0.25) is 0 Å². The van der Waals surface area contributed by atoms with Crippen molar-refractivity contribution in [2.75, 3.05) is 0 Å². The Kier molecular flexibility index (Phi) is 4.82. The van der Waals surface area contributed by atoms with Crippen LogP contribution in [0.4, 0.5) is 25.2 Å². The van der Waals surface area contributed by atoms with Crippen molar-refractivity contribution in [1.29, 1.82) is 0 Å². The summed E-state index contributed by atoms with van der Waals surface area (Å²) in [6, 6.07) is 10.1. The average Bonchev–Trinajstić information content (AvgIpc) is 2.66. The molecule has 0 aliphatic carbocycles. The fourth-order valence-corrected chi connectivity index (χ4v) is 1.77. The molecule has 0 aliphatic heterocycles. The van der Waals surface area contributed by atoms with Crippen molar-refractivity contribution < 1.29 is 29.9 Å². The van der Waals surface area contributed by atoms with E-state index >= 15 is 0 Å². The second-order valence-electron chi connectivity index (χ2n) is 6.46. The Morgan fingerprint density at radius 2 is 1.46 bits per heavy atom. The number of para-hydroxylation sites is 1. The third-order valence-corrected chi connectivity index (χ3v) is 2.57. The van der Waals surface area contributed by atoms with Crippen LogP contribution in [0, 0.1) is 5.41 Å². The topological polar surface area (TPSA) is 34.6 Å². The van der Waals surface area contributed by atoms with Gasteiger partial charge in [-0.15, -0.1) is 4.68 Å². The van der Waals surface area contributed by atoms with E-state index in [-0.39, 0.29) is 5.41 Å². The predicted octanol–water partition coefficient (Wildman–Crippen LogP) is 5.06. The number of benzene rings is 1. The van der Waals surface area contributed by atoms with Gasteiger partial charge in [0.15, 0.2) is 5.21 Å². The van der Waals surface area contributed by atoms with Crippen molar-refractivity contribution in [2.45, 2.75) is 27.2 Å². The van der Waals surface area contributed by atoms with Crippen molar-refractivity contribution in [3.8, 4) is 5.69 Å². The van der Waals surface area contributed by atoms with E-state index in [0.29, 0.717) is 0 Å². The number of hydrogen-bond donors (Lipinski definition) is 0. The zero-order valence-electron chi connectivity index (χ0n) is 13.6. The molecule has 0 amide bonds. The fourth-order valence-electron chi connectivity index (χ4n) is 1.77. The van der Waals surface area contributed by atoms with Crippen molar-refractivity contribution in [2.24, 2.45) is 12.5 Å². The number of hydrogen-bond acceptors (Lipinski definition) is 2. The number of nitrogens with zero attached hydrogens (tertiary/aromatic N) is 4. The molecular formula is C13H19F6N4P. The molecule has 2 aromatic rings. The number of rotatable bonds is 2. The van der Waals surface area contributed by atoms with Crippen LogP contribution < -0.4 is 4.68 Å². The van der Waals surface area contributed by atoms with Gasteiger partial charge in [0.25, 0.3) is 5.82 Å². The van der Waals surface area contributed by atoms with Crippen molar-refractivity contribution in [3.05, 3.63) is 36.2 Å². The molecule has 0 unspecified atom stereocenters. The van der Waals surface area contributed by atoms with Gasteiger partial charge in [0.1, 0.15) is 10.9 Å². The molecule has 1 aromatic heterocycles. The van der Waals surface area contributed by atoms with E-state index in [1.807, 2.05) is 46.7 Å². The second-order valence-corrected chi connectivity index (χ2v) is 8.38. The van der Waals surface area contributed by atoms with Crippen molar-refractivity contribution in [3.63, 3.8) is 0 Å². The van der Waals surface area contributed by atoms with E-state index in [4.69, 9.17) is 0 Å². The molecule has 4 nitrogen and oxygen atoms in total. The Morgan fingerprint density at radius 1 is 1.00 bits per heavy atom. The summed E-state index contributed by atoms with van der Waals surface area (Å²) in [4.78, 5) is 0. The van der Waals surface area contributed by atoms with Crippen LogP contribution >= 0.6 is 7.81 Å². The quantitative estimate of drug-likeness (QED) is 0.417. The van der Waals surface area contributed by atoms with Crippen LogP contribution in [-0.2, 0) is 13.5 Å². The molecule has 0 radical (unpaired) electrons. The average molecular weight is 376 g/mol. The number of aryl methyl sites for hydroxylation is 1. The van der Waals surface area contributed by atoms with Crippen LogP contribution in [0.2, 0.25) is 0 Å². The summed E-state index contributed by atoms with van der Waals surface area (Å²) in [5.41, 5.74) is 1.27. The molecule has 0 bridgehead atoms. The van der Waals surface area contributed by atoms with Gasteiger partial charge < -0.3 is 0 Å². The van der Waals surface area contributed by atoms with Crippen LogP contribution in [0.3, 0.4) is 0 Å². The third kappa shape index (κ3) is 9.44. The maximum absolute atomic E-state index is 10.7. The third-order valence-electron chi connectivity index (χ3n) is 2.57. The SMILES string of the molecule is C[n+]1nnn(-c2ccccc2)c1CC(C)(C)C.F[P-](F)(F)(F)(F)F. The summed E-state index contributed by atoms with van der Waals surface area (Å²) in [5.74, 6) is 1.11. The second kappa shape index (κ2) is 5.68. The molecule has 0 fully saturated rings. The number of tetrazole rings is 1. The monoisotopic (exact) mass is 376 g/mol. The minimum atomic E-state index is -10.7. The normalized spacial score (nSPS) is 15.1. The van der Waals surface area contributed by atoms with Crippen molar-refractivity contribution in [1.82, 2.24) is 15.1 Å². The minimum absolute atomic E-state index is 0.214. The van der Waals surface area contributed by atoms with E-state index in [9.17, 15) is 25.2 Å². The Bertz CT molecular complexity index is 677. The summed E-state index contributed by atoms with van der Waals surface area (Å²) < 4.78 is 62.9. The molecule has 24 heavy (non-hydrogen) atoms. The Morgan fingerprint density at radius 3 is 1.88 bits per heavy atom. The maximum atomic E-state index is 9.87. The molecule has 0 spiro atoms. The summed E-state index contributed by atoms with van der Waals surface area (Å²) in [7, 11) is -8.72. The number of halogens is 6. The van der Waals surface area contributed by atoms with Gasteiger partial charge in [-0.05, 0) is 17.5 Å². The van der Waals surface area contributed by atoms with Crippen LogP contribution in [0.5, 0.6) is 0 Å².